The summed E-state index contributed by atoms with van der Waals surface area (Å²) in [6.45, 7) is 4.37. The highest BCUT2D eigenvalue weighted by molar-refractivity contribution is 14.1. The van der Waals surface area contributed by atoms with Crippen molar-refractivity contribution in [2.75, 3.05) is 5.73 Å². The van der Waals surface area contributed by atoms with Crippen molar-refractivity contribution in [1.29, 1.82) is 0 Å². The molecule has 0 bridgehead atoms. The molecule has 0 radical (unpaired) electrons. The van der Waals surface area contributed by atoms with Crippen molar-refractivity contribution in [3.05, 3.63) is 9.33 Å². The van der Waals surface area contributed by atoms with Crippen molar-refractivity contribution >= 4 is 28.4 Å². The number of nitrogens with zero attached hydrogens (tertiary/aromatic N) is 1. The Kier molecular flexibility index (Phi) is 3.37. The van der Waals surface area contributed by atoms with Crippen LogP contribution in [0.15, 0.2) is 4.52 Å². The molecule has 0 amide bonds. The summed E-state index contributed by atoms with van der Waals surface area (Å²) in [6.07, 6.45) is 2.05. The lowest BCUT2D eigenvalue weighted by Gasteiger charge is -2.00. The Morgan fingerprint density at radius 2 is 2.25 bits per heavy atom. The van der Waals surface area contributed by atoms with Crippen molar-refractivity contribution in [3.63, 3.8) is 0 Å². The maximum absolute atomic E-state index is 5.53. The molecule has 0 fully saturated rings. The Morgan fingerprint density at radius 1 is 1.58 bits per heavy atom. The van der Waals surface area contributed by atoms with Gasteiger partial charge in [0.1, 0.15) is 0 Å². The van der Waals surface area contributed by atoms with E-state index in [1.807, 2.05) is 0 Å². The van der Waals surface area contributed by atoms with E-state index in [1.165, 1.54) is 0 Å². The first kappa shape index (κ1) is 9.83. The summed E-state index contributed by atoms with van der Waals surface area (Å²) < 4.78 is 6.03. The standard InChI is InChI=1S/C8H13IN2O/c1-5(2)3-4-6-7(9)8(10)11-12-6/h5H,3-4H2,1-2H3,(H2,10,11). The topological polar surface area (TPSA) is 52.0 Å². The van der Waals surface area contributed by atoms with Gasteiger partial charge in [-0.3, -0.25) is 0 Å². The van der Waals surface area contributed by atoms with Crippen molar-refractivity contribution in [1.82, 2.24) is 5.16 Å². The van der Waals surface area contributed by atoms with E-state index in [0.717, 1.165) is 22.2 Å². The van der Waals surface area contributed by atoms with Gasteiger partial charge in [-0.2, -0.15) is 0 Å². The Hall–Kier alpha value is -0.260. The van der Waals surface area contributed by atoms with Gasteiger partial charge >= 0.3 is 0 Å². The highest BCUT2D eigenvalue weighted by Crippen LogP contribution is 2.20. The molecule has 0 spiro atoms. The molecular weight excluding hydrogens is 267 g/mol. The average molecular weight is 280 g/mol. The van der Waals surface area contributed by atoms with E-state index in [1.54, 1.807) is 0 Å². The smallest absolute Gasteiger partial charge is 0.180 e. The van der Waals surface area contributed by atoms with Crippen LogP contribution in [0.25, 0.3) is 0 Å². The van der Waals surface area contributed by atoms with Crippen LogP contribution in [0.5, 0.6) is 0 Å². The fraction of sp³-hybridized carbons (Fsp3) is 0.625. The second-order valence-corrected chi connectivity index (χ2v) is 4.32. The number of hydrogen-bond acceptors (Lipinski definition) is 3. The predicted molar refractivity (Wildman–Crippen MR) is 56.8 cm³/mol. The van der Waals surface area contributed by atoms with E-state index in [9.17, 15) is 0 Å². The molecule has 2 N–H and O–H groups in total. The van der Waals surface area contributed by atoms with E-state index in [2.05, 4.69) is 41.6 Å². The van der Waals surface area contributed by atoms with Crippen LogP contribution in [0.3, 0.4) is 0 Å². The van der Waals surface area contributed by atoms with Crippen molar-refractivity contribution in [2.45, 2.75) is 26.7 Å². The van der Waals surface area contributed by atoms with Gasteiger partial charge in [-0.15, -0.1) is 0 Å². The molecule has 68 valence electrons. The number of halogens is 1. The van der Waals surface area contributed by atoms with Gasteiger partial charge in [0.25, 0.3) is 0 Å². The minimum atomic E-state index is 0.509. The molecule has 3 nitrogen and oxygen atoms in total. The van der Waals surface area contributed by atoms with Gasteiger partial charge in [-0.1, -0.05) is 19.0 Å². The van der Waals surface area contributed by atoms with Gasteiger partial charge in [0, 0.05) is 6.42 Å². The summed E-state index contributed by atoms with van der Waals surface area (Å²) in [5, 5.41) is 3.69. The Morgan fingerprint density at radius 3 is 2.67 bits per heavy atom. The first-order chi connectivity index (χ1) is 5.61. The lowest BCUT2D eigenvalue weighted by Crippen LogP contribution is -1.93. The number of aromatic nitrogens is 1. The molecule has 12 heavy (non-hydrogen) atoms. The summed E-state index contributed by atoms with van der Waals surface area (Å²) in [5.74, 6) is 2.11. The van der Waals surface area contributed by atoms with E-state index in [4.69, 9.17) is 10.3 Å². The van der Waals surface area contributed by atoms with Crippen LogP contribution in [-0.4, -0.2) is 5.16 Å². The maximum Gasteiger partial charge on any atom is 0.180 e. The SMILES string of the molecule is CC(C)CCc1onc(N)c1I. The largest absolute Gasteiger partial charge is 0.380 e. The van der Waals surface area contributed by atoms with Gasteiger partial charge in [-0.25, -0.2) is 0 Å². The first-order valence-electron chi connectivity index (χ1n) is 4.00. The van der Waals surface area contributed by atoms with Crippen LogP contribution in [-0.2, 0) is 6.42 Å². The average Bonchev–Trinajstić information content (AvgIpc) is 2.30. The zero-order valence-corrected chi connectivity index (χ0v) is 9.46. The normalized spacial score (nSPS) is 11.0. The van der Waals surface area contributed by atoms with Gasteiger partial charge in [0.05, 0.1) is 3.57 Å². The quantitative estimate of drug-likeness (QED) is 0.865. The zero-order chi connectivity index (χ0) is 9.14. The monoisotopic (exact) mass is 280 g/mol. The fourth-order valence-corrected chi connectivity index (χ4v) is 1.37. The predicted octanol–water partition coefficient (Wildman–Crippen LogP) is 2.45. The minimum Gasteiger partial charge on any atom is -0.380 e. The van der Waals surface area contributed by atoms with Crippen LogP contribution < -0.4 is 5.73 Å². The molecule has 0 aliphatic heterocycles. The van der Waals surface area contributed by atoms with Crippen molar-refractivity contribution in [2.24, 2.45) is 5.92 Å². The second-order valence-electron chi connectivity index (χ2n) is 3.24. The summed E-state index contributed by atoms with van der Waals surface area (Å²) in [6, 6.07) is 0. The number of aryl methyl sites for hydroxylation is 1. The molecule has 0 atom stereocenters. The van der Waals surface area contributed by atoms with Crippen LogP contribution in [0.2, 0.25) is 0 Å². The molecule has 0 aliphatic carbocycles. The van der Waals surface area contributed by atoms with E-state index < -0.39 is 0 Å². The summed E-state index contributed by atoms with van der Waals surface area (Å²) >= 11 is 2.17. The van der Waals surface area contributed by atoms with Crippen LogP contribution >= 0.6 is 22.6 Å². The highest BCUT2D eigenvalue weighted by Gasteiger charge is 2.10. The summed E-state index contributed by atoms with van der Waals surface area (Å²) in [7, 11) is 0. The van der Waals surface area contributed by atoms with E-state index in [-0.39, 0.29) is 0 Å². The molecule has 0 saturated heterocycles. The van der Waals surface area contributed by atoms with Crippen molar-refractivity contribution in [3.8, 4) is 0 Å². The zero-order valence-electron chi connectivity index (χ0n) is 7.30. The lowest BCUT2D eigenvalue weighted by molar-refractivity contribution is 0.374. The molecule has 0 saturated carbocycles. The second kappa shape index (κ2) is 4.11. The van der Waals surface area contributed by atoms with Crippen LogP contribution in [0, 0.1) is 9.49 Å². The molecule has 4 heteroatoms. The molecule has 1 rings (SSSR count). The van der Waals surface area contributed by atoms with Crippen LogP contribution in [0.4, 0.5) is 5.82 Å². The Bertz CT molecular complexity index is 258. The third-order valence-electron chi connectivity index (χ3n) is 1.67. The highest BCUT2D eigenvalue weighted by atomic mass is 127. The van der Waals surface area contributed by atoms with Gasteiger partial charge in [0.15, 0.2) is 11.6 Å². The third kappa shape index (κ3) is 2.36. The van der Waals surface area contributed by atoms with Crippen molar-refractivity contribution < 1.29 is 4.52 Å². The van der Waals surface area contributed by atoms with Gasteiger partial charge in [-0.05, 0) is 34.9 Å². The van der Waals surface area contributed by atoms with Gasteiger partial charge in [0.2, 0.25) is 0 Å². The number of nitrogens with two attached hydrogens (primary N) is 1. The fourth-order valence-electron chi connectivity index (χ4n) is 0.902. The lowest BCUT2D eigenvalue weighted by atomic mass is 10.1. The first-order valence-corrected chi connectivity index (χ1v) is 5.08. The molecule has 0 aliphatic rings. The molecule has 1 aromatic heterocycles. The molecule has 0 aromatic carbocycles. The van der Waals surface area contributed by atoms with Crippen LogP contribution in [0.1, 0.15) is 26.0 Å². The van der Waals surface area contributed by atoms with E-state index >= 15 is 0 Å². The number of hydrogen-bond donors (Lipinski definition) is 1. The Balaban J connectivity index is 2.58. The Labute approximate surface area is 85.8 Å². The number of nitrogen functional groups attached to an aromatic ring is 1. The summed E-state index contributed by atoms with van der Waals surface area (Å²) in [5.41, 5.74) is 5.53. The number of rotatable bonds is 3. The summed E-state index contributed by atoms with van der Waals surface area (Å²) in [4.78, 5) is 0. The molecule has 0 unspecified atom stereocenters. The number of anilines is 1. The maximum atomic E-state index is 5.53. The molecule has 1 heterocycles. The third-order valence-corrected chi connectivity index (χ3v) is 2.83. The molecule has 1 aromatic rings. The van der Waals surface area contributed by atoms with Gasteiger partial charge < -0.3 is 10.3 Å². The minimum absolute atomic E-state index is 0.509. The van der Waals surface area contributed by atoms with E-state index in [0.29, 0.717) is 11.7 Å². The molecular formula is C8H13IN2O.